The van der Waals surface area contributed by atoms with Crippen molar-refractivity contribution in [1.29, 1.82) is 0 Å². The van der Waals surface area contributed by atoms with Crippen molar-refractivity contribution in [3.8, 4) is 0 Å². The summed E-state index contributed by atoms with van der Waals surface area (Å²) in [7, 11) is 0. The number of aromatic nitrogens is 2. The summed E-state index contributed by atoms with van der Waals surface area (Å²) in [4.78, 5) is 11.9. The number of ether oxygens (including phenoxy) is 1. The second kappa shape index (κ2) is 7.13. The molecule has 0 aromatic carbocycles. The largest absolute Gasteiger partial charge is 0.444 e. The normalized spacial score (nSPS) is 21.8. The van der Waals surface area contributed by atoms with Crippen molar-refractivity contribution in [2.75, 3.05) is 0 Å². The summed E-state index contributed by atoms with van der Waals surface area (Å²) < 4.78 is 7.26. The molecule has 0 radical (unpaired) electrons. The van der Waals surface area contributed by atoms with Gasteiger partial charge in [0, 0.05) is 36.9 Å². The lowest BCUT2D eigenvalue weighted by Crippen LogP contribution is -2.47. The molecule has 1 aliphatic rings. The highest BCUT2D eigenvalue weighted by Crippen LogP contribution is 2.20. The number of hydrogen-bond acceptors (Lipinski definition) is 4. The van der Waals surface area contributed by atoms with Gasteiger partial charge < -0.3 is 15.4 Å². The molecule has 0 bridgehead atoms. The third-order valence-electron chi connectivity index (χ3n) is 3.80. The van der Waals surface area contributed by atoms with E-state index in [0.717, 1.165) is 32.4 Å². The molecule has 22 heavy (non-hydrogen) atoms. The van der Waals surface area contributed by atoms with E-state index in [9.17, 15) is 4.79 Å². The van der Waals surface area contributed by atoms with Crippen molar-refractivity contribution in [2.45, 2.75) is 77.7 Å². The van der Waals surface area contributed by atoms with Gasteiger partial charge in [-0.05, 0) is 47.0 Å². The third kappa shape index (κ3) is 5.02. The van der Waals surface area contributed by atoms with E-state index in [1.165, 1.54) is 5.56 Å². The number of carbonyl (C=O) groups is 1. The third-order valence-corrected chi connectivity index (χ3v) is 3.80. The Labute approximate surface area is 132 Å². The molecule has 1 fully saturated rings. The lowest BCUT2D eigenvalue weighted by molar-refractivity contribution is 0.0498. The van der Waals surface area contributed by atoms with Gasteiger partial charge in [0.25, 0.3) is 0 Å². The van der Waals surface area contributed by atoms with Crippen LogP contribution in [0.2, 0.25) is 0 Å². The zero-order valence-corrected chi connectivity index (χ0v) is 14.1. The Bertz CT molecular complexity index is 493. The summed E-state index contributed by atoms with van der Waals surface area (Å²) in [5, 5.41) is 10.8. The van der Waals surface area contributed by atoms with E-state index >= 15 is 0 Å². The summed E-state index contributed by atoms with van der Waals surface area (Å²) in [5.74, 6) is 0. The monoisotopic (exact) mass is 308 g/mol. The molecule has 124 valence electrons. The van der Waals surface area contributed by atoms with E-state index < -0.39 is 5.60 Å². The Balaban J connectivity index is 1.81. The molecule has 1 amide bonds. The van der Waals surface area contributed by atoms with Gasteiger partial charge >= 0.3 is 6.09 Å². The number of amides is 1. The van der Waals surface area contributed by atoms with E-state index in [-0.39, 0.29) is 18.2 Å². The molecule has 2 N–H and O–H groups in total. The first-order valence-corrected chi connectivity index (χ1v) is 8.11. The number of alkyl carbamates (subject to hydrolysis) is 1. The van der Waals surface area contributed by atoms with Crippen LogP contribution in [0.5, 0.6) is 0 Å². The summed E-state index contributed by atoms with van der Waals surface area (Å²) in [5.41, 5.74) is 0.713. The average molecular weight is 308 g/mol. The first-order valence-electron chi connectivity index (χ1n) is 8.11. The molecule has 1 aromatic heterocycles. The molecule has 0 spiro atoms. The van der Waals surface area contributed by atoms with Crippen molar-refractivity contribution < 1.29 is 9.53 Å². The zero-order chi connectivity index (χ0) is 16.2. The number of carbonyl (C=O) groups excluding carboxylic acids is 1. The molecule has 2 unspecified atom stereocenters. The Morgan fingerprint density at radius 3 is 2.77 bits per heavy atom. The molecule has 6 heteroatoms. The summed E-state index contributed by atoms with van der Waals surface area (Å²) in [6.45, 7) is 9.36. The van der Waals surface area contributed by atoms with E-state index in [1.54, 1.807) is 0 Å². The van der Waals surface area contributed by atoms with Crippen LogP contribution in [0.1, 0.15) is 52.5 Å². The molecule has 2 rings (SSSR count). The van der Waals surface area contributed by atoms with Crippen LogP contribution < -0.4 is 10.6 Å². The number of nitrogens with zero attached hydrogens (tertiary/aromatic N) is 2. The Hall–Kier alpha value is -1.56. The fourth-order valence-electron chi connectivity index (χ4n) is 2.76. The summed E-state index contributed by atoms with van der Waals surface area (Å²) >= 11 is 0. The highest BCUT2D eigenvalue weighted by molar-refractivity contribution is 5.68. The molecule has 2 atom stereocenters. The van der Waals surface area contributed by atoms with Crippen molar-refractivity contribution >= 4 is 6.09 Å². The highest BCUT2D eigenvalue weighted by Gasteiger charge is 2.29. The molecule has 1 aliphatic carbocycles. The van der Waals surface area contributed by atoms with Gasteiger partial charge in [0.05, 0.1) is 6.20 Å². The standard InChI is InChI=1S/C16H28N4O2/c1-5-20-11-12(10-18-20)9-17-13-7-6-8-14(13)19-15(21)22-16(2,3)4/h10-11,13-14,17H,5-9H2,1-4H3,(H,19,21). The van der Waals surface area contributed by atoms with Crippen LogP contribution in [0, 0.1) is 0 Å². The lowest BCUT2D eigenvalue weighted by Gasteiger charge is -2.25. The Morgan fingerprint density at radius 2 is 2.14 bits per heavy atom. The average Bonchev–Trinajstić information content (AvgIpc) is 3.02. The molecule has 0 aliphatic heterocycles. The number of hydrogen-bond donors (Lipinski definition) is 2. The van der Waals surface area contributed by atoms with Crippen LogP contribution in [0.3, 0.4) is 0 Å². The topological polar surface area (TPSA) is 68.2 Å². The predicted octanol–water partition coefficient (Wildman–Crippen LogP) is 2.44. The molecule has 0 saturated heterocycles. The van der Waals surface area contributed by atoms with Gasteiger partial charge in [-0.1, -0.05) is 0 Å². The fourth-order valence-corrected chi connectivity index (χ4v) is 2.76. The van der Waals surface area contributed by atoms with Gasteiger partial charge in [-0.2, -0.15) is 5.10 Å². The van der Waals surface area contributed by atoms with Gasteiger partial charge in [-0.15, -0.1) is 0 Å². The maximum Gasteiger partial charge on any atom is 0.407 e. The van der Waals surface area contributed by atoms with Crippen molar-refractivity contribution in [2.24, 2.45) is 0 Å². The molecule has 6 nitrogen and oxygen atoms in total. The minimum absolute atomic E-state index is 0.135. The van der Waals surface area contributed by atoms with Crippen molar-refractivity contribution in [3.05, 3.63) is 18.0 Å². The maximum absolute atomic E-state index is 11.9. The van der Waals surface area contributed by atoms with Crippen molar-refractivity contribution in [3.63, 3.8) is 0 Å². The van der Waals surface area contributed by atoms with Crippen LogP contribution in [0.4, 0.5) is 4.79 Å². The van der Waals surface area contributed by atoms with Crippen LogP contribution in [0.15, 0.2) is 12.4 Å². The molecule has 1 heterocycles. The number of rotatable bonds is 5. The minimum Gasteiger partial charge on any atom is -0.444 e. The second-order valence-electron chi connectivity index (χ2n) is 6.88. The van der Waals surface area contributed by atoms with Crippen LogP contribution in [-0.4, -0.2) is 33.6 Å². The number of aryl methyl sites for hydroxylation is 1. The van der Waals surface area contributed by atoms with Crippen LogP contribution in [0.25, 0.3) is 0 Å². The van der Waals surface area contributed by atoms with E-state index in [0.29, 0.717) is 0 Å². The smallest absolute Gasteiger partial charge is 0.407 e. The molecule has 1 saturated carbocycles. The zero-order valence-electron chi connectivity index (χ0n) is 14.1. The quantitative estimate of drug-likeness (QED) is 0.876. The van der Waals surface area contributed by atoms with Gasteiger partial charge in [0.15, 0.2) is 0 Å². The summed E-state index contributed by atoms with van der Waals surface area (Å²) in [6, 6.07) is 0.425. The van der Waals surface area contributed by atoms with Gasteiger partial charge in [-0.25, -0.2) is 4.79 Å². The van der Waals surface area contributed by atoms with Crippen molar-refractivity contribution in [1.82, 2.24) is 20.4 Å². The van der Waals surface area contributed by atoms with Crippen LogP contribution >= 0.6 is 0 Å². The SMILES string of the molecule is CCn1cc(CNC2CCCC2NC(=O)OC(C)(C)C)cn1. The predicted molar refractivity (Wildman–Crippen MR) is 85.5 cm³/mol. The first-order chi connectivity index (χ1) is 10.4. The Morgan fingerprint density at radius 1 is 1.41 bits per heavy atom. The minimum atomic E-state index is -0.458. The highest BCUT2D eigenvalue weighted by atomic mass is 16.6. The van der Waals surface area contributed by atoms with E-state index in [1.807, 2.05) is 31.6 Å². The molecule has 1 aromatic rings. The maximum atomic E-state index is 11.9. The molecular formula is C16H28N4O2. The first kappa shape index (κ1) is 16.8. The molecular weight excluding hydrogens is 280 g/mol. The Kier molecular flexibility index (Phi) is 5.45. The van der Waals surface area contributed by atoms with E-state index in [4.69, 9.17) is 4.74 Å². The lowest BCUT2D eigenvalue weighted by atomic mass is 10.1. The van der Waals surface area contributed by atoms with Gasteiger partial charge in [0.1, 0.15) is 5.60 Å². The summed E-state index contributed by atoms with van der Waals surface area (Å²) in [6.07, 6.45) is 6.80. The van der Waals surface area contributed by atoms with Gasteiger partial charge in [-0.3, -0.25) is 4.68 Å². The second-order valence-corrected chi connectivity index (χ2v) is 6.88. The van der Waals surface area contributed by atoms with Gasteiger partial charge in [0.2, 0.25) is 0 Å². The number of nitrogens with one attached hydrogen (secondary N) is 2. The van der Waals surface area contributed by atoms with E-state index in [2.05, 4.69) is 28.9 Å². The van der Waals surface area contributed by atoms with Crippen LogP contribution in [-0.2, 0) is 17.8 Å². The fraction of sp³-hybridized carbons (Fsp3) is 0.750.